The van der Waals surface area contributed by atoms with E-state index in [0.717, 1.165) is 48.3 Å². The molecule has 0 aliphatic heterocycles. The average Bonchev–Trinajstić information content (AvgIpc) is 3.05. The highest BCUT2D eigenvalue weighted by Crippen LogP contribution is 2.67. The topological polar surface area (TPSA) is 26.3 Å². The van der Waals surface area contributed by atoms with Crippen molar-refractivity contribution in [1.29, 1.82) is 0 Å². The van der Waals surface area contributed by atoms with Gasteiger partial charge in [-0.1, -0.05) is 65.5 Å². The number of allylic oxidation sites excluding steroid dienone is 1. The molecule has 0 unspecified atom stereocenters. The maximum atomic E-state index is 11.5. The normalized spacial score (nSPS) is 42.9. The van der Waals surface area contributed by atoms with Crippen LogP contribution in [0.3, 0.4) is 0 Å². The molecule has 2 nitrogen and oxygen atoms in total. The van der Waals surface area contributed by atoms with Crippen LogP contribution < -0.4 is 0 Å². The summed E-state index contributed by atoms with van der Waals surface area (Å²) in [7, 11) is 0. The molecule has 4 aliphatic carbocycles. The van der Waals surface area contributed by atoms with E-state index in [2.05, 4.69) is 40.7 Å². The number of esters is 1. The Morgan fingerprint density at radius 1 is 1.06 bits per heavy atom. The Labute approximate surface area is 192 Å². The molecule has 176 valence electrons. The van der Waals surface area contributed by atoms with Crippen LogP contribution in [-0.2, 0) is 9.53 Å². The minimum Gasteiger partial charge on any atom is -0.462 e. The van der Waals surface area contributed by atoms with Crippen LogP contribution in [0.4, 0.5) is 0 Å². The van der Waals surface area contributed by atoms with Gasteiger partial charge in [0.2, 0.25) is 0 Å². The van der Waals surface area contributed by atoms with Gasteiger partial charge in [-0.2, -0.15) is 0 Å². The van der Waals surface area contributed by atoms with E-state index in [-0.39, 0.29) is 12.1 Å². The summed E-state index contributed by atoms with van der Waals surface area (Å²) in [5.41, 5.74) is 2.53. The molecule has 2 heteroatoms. The molecule has 0 aromatic heterocycles. The number of carbonyl (C=O) groups is 1. The van der Waals surface area contributed by atoms with Crippen molar-refractivity contribution < 1.29 is 9.53 Å². The standard InChI is InChI=1S/C29H48O2/c1-19(2)8-7-9-20(3)25-12-13-26-24-11-10-22-18-23(31-21(4)30)14-16-28(22,5)27(24)15-17-29(25,26)6/h10,19-20,23-27H,7-9,11-18H2,1-6H3/t20-,23-,24+,25+,26-,27-,28+,29-/m1/s1. The molecule has 3 fully saturated rings. The minimum absolute atomic E-state index is 0.115. The summed E-state index contributed by atoms with van der Waals surface area (Å²) in [6.07, 6.45) is 17.2. The molecule has 0 heterocycles. The molecule has 0 N–H and O–H groups in total. The molecule has 0 aromatic carbocycles. The zero-order valence-corrected chi connectivity index (χ0v) is 21.2. The van der Waals surface area contributed by atoms with E-state index < -0.39 is 0 Å². The highest BCUT2D eigenvalue weighted by atomic mass is 16.5. The molecule has 0 amide bonds. The Balaban J connectivity index is 1.47. The van der Waals surface area contributed by atoms with Crippen LogP contribution >= 0.6 is 0 Å². The number of hydrogen-bond donors (Lipinski definition) is 0. The zero-order valence-electron chi connectivity index (χ0n) is 21.2. The zero-order chi connectivity index (χ0) is 22.4. The Bertz CT molecular complexity index is 693. The summed E-state index contributed by atoms with van der Waals surface area (Å²) >= 11 is 0. The van der Waals surface area contributed by atoms with Gasteiger partial charge in [0.05, 0.1) is 0 Å². The van der Waals surface area contributed by atoms with Gasteiger partial charge >= 0.3 is 5.97 Å². The van der Waals surface area contributed by atoms with Gasteiger partial charge < -0.3 is 4.74 Å². The fourth-order valence-corrected chi connectivity index (χ4v) is 8.99. The maximum Gasteiger partial charge on any atom is 0.302 e. The molecule has 4 rings (SSSR count). The Morgan fingerprint density at radius 3 is 2.55 bits per heavy atom. The summed E-state index contributed by atoms with van der Waals surface area (Å²) < 4.78 is 5.61. The van der Waals surface area contributed by atoms with E-state index in [9.17, 15) is 4.79 Å². The predicted octanol–water partition coefficient (Wildman–Crippen LogP) is 7.96. The second-order valence-electron chi connectivity index (χ2n) is 12.8. The Hall–Kier alpha value is -0.790. The fourth-order valence-electron chi connectivity index (χ4n) is 8.99. The summed E-state index contributed by atoms with van der Waals surface area (Å²) in [4.78, 5) is 11.5. The van der Waals surface area contributed by atoms with E-state index in [1.165, 1.54) is 57.8 Å². The lowest BCUT2D eigenvalue weighted by atomic mass is 9.47. The third kappa shape index (κ3) is 4.26. The molecular weight excluding hydrogens is 380 g/mol. The summed E-state index contributed by atoms with van der Waals surface area (Å²) in [5.74, 6) is 5.19. The average molecular weight is 429 g/mol. The Kier molecular flexibility index (Phi) is 6.68. The molecule has 0 radical (unpaired) electrons. The first-order chi connectivity index (χ1) is 14.6. The number of ether oxygens (including phenoxy) is 1. The van der Waals surface area contributed by atoms with Gasteiger partial charge in [-0.15, -0.1) is 0 Å². The van der Waals surface area contributed by atoms with Gasteiger partial charge in [0, 0.05) is 13.3 Å². The lowest BCUT2D eigenvalue weighted by Gasteiger charge is -2.58. The second kappa shape index (κ2) is 8.86. The molecule has 0 spiro atoms. The van der Waals surface area contributed by atoms with Crippen molar-refractivity contribution in [3.63, 3.8) is 0 Å². The van der Waals surface area contributed by atoms with Gasteiger partial charge in [-0.25, -0.2) is 0 Å². The summed E-state index contributed by atoms with van der Waals surface area (Å²) in [6.45, 7) is 14.1. The van der Waals surface area contributed by atoms with Gasteiger partial charge in [0.15, 0.2) is 0 Å². The predicted molar refractivity (Wildman–Crippen MR) is 129 cm³/mol. The summed E-state index contributed by atoms with van der Waals surface area (Å²) in [5, 5.41) is 0. The van der Waals surface area contributed by atoms with Crippen molar-refractivity contribution in [2.45, 2.75) is 118 Å². The van der Waals surface area contributed by atoms with Crippen LogP contribution in [0.15, 0.2) is 11.6 Å². The highest BCUT2D eigenvalue weighted by molar-refractivity contribution is 5.66. The molecule has 3 saturated carbocycles. The van der Waals surface area contributed by atoms with Crippen LogP contribution in [0.1, 0.15) is 112 Å². The van der Waals surface area contributed by atoms with E-state index in [0.29, 0.717) is 10.8 Å². The second-order valence-corrected chi connectivity index (χ2v) is 12.8. The Morgan fingerprint density at radius 2 is 1.84 bits per heavy atom. The molecule has 0 saturated heterocycles. The van der Waals surface area contributed by atoms with E-state index in [1.54, 1.807) is 12.5 Å². The lowest BCUT2D eigenvalue weighted by Crippen LogP contribution is -2.51. The SMILES string of the molecule is CC(=O)O[C@@H]1CC[C@@]2(C)C(=CC[C@H]3[C@H]4CC[C@@H]([C@H](C)CCCC(C)C)[C@@]4(C)CC[C@H]32)C1. The number of carbonyl (C=O) groups excluding carboxylic acids is 1. The van der Waals surface area contributed by atoms with E-state index in [4.69, 9.17) is 4.74 Å². The molecular formula is C29H48O2. The highest BCUT2D eigenvalue weighted by Gasteiger charge is 2.59. The first-order valence-electron chi connectivity index (χ1n) is 13.5. The third-order valence-electron chi connectivity index (χ3n) is 10.6. The minimum atomic E-state index is -0.115. The first-order valence-corrected chi connectivity index (χ1v) is 13.5. The van der Waals surface area contributed by atoms with Crippen LogP contribution in [0.25, 0.3) is 0 Å². The van der Waals surface area contributed by atoms with Crippen molar-refractivity contribution in [3.8, 4) is 0 Å². The van der Waals surface area contributed by atoms with Crippen LogP contribution in [0, 0.1) is 46.3 Å². The number of hydrogen-bond acceptors (Lipinski definition) is 2. The molecule has 0 bridgehead atoms. The van der Waals surface area contributed by atoms with Crippen molar-refractivity contribution in [3.05, 3.63) is 11.6 Å². The van der Waals surface area contributed by atoms with Crippen LogP contribution in [0.5, 0.6) is 0 Å². The van der Waals surface area contributed by atoms with Crippen molar-refractivity contribution in [1.82, 2.24) is 0 Å². The van der Waals surface area contributed by atoms with Crippen molar-refractivity contribution in [2.75, 3.05) is 0 Å². The first kappa shape index (κ1) is 23.4. The van der Waals surface area contributed by atoms with Gasteiger partial charge in [0.25, 0.3) is 0 Å². The van der Waals surface area contributed by atoms with Crippen LogP contribution in [-0.4, -0.2) is 12.1 Å². The van der Waals surface area contributed by atoms with Gasteiger partial charge in [-0.05, 0) is 91.3 Å². The number of fused-ring (bicyclic) bond motifs is 5. The van der Waals surface area contributed by atoms with E-state index >= 15 is 0 Å². The van der Waals surface area contributed by atoms with Gasteiger partial charge in [-0.3, -0.25) is 4.79 Å². The number of rotatable bonds is 6. The third-order valence-corrected chi connectivity index (χ3v) is 10.6. The van der Waals surface area contributed by atoms with Gasteiger partial charge in [0.1, 0.15) is 6.10 Å². The largest absolute Gasteiger partial charge is 0.462 e. The molecule has 4 aliphatic rings. The van der Waals surface area contributed by atoms with E-state index in [1.807, 2.05) is 0 Å². The summed E-state index contributed by atoms with van der Waals surface area (Å²) in [6, 6.07) is 0. The van der Waals surface area contributed by atoms with Crippen molar-refractivity contribution in [2.24, 2.45) is 46.3 Å². The maximum absolute atomic E-state index is 11.5. The fraction of sp³-hybridized carbons (Fsp3) is 0.897. The lowest BCUT2D eigenvalue weighted by molar-refractivity contribution is -0.148. The van der Waals surface area contributed by atoms with Crippen LogP contribution in [0.2, 0.25) is 0 Å². The quantitative estimate of drug-likeness (QED) is 0.317. The monoisotopic (exact) mass is 428 g/mol. The molecule has 31 heavy (non-hydrogen) atoms. The molecule has 0 aromatic rings. The molecule has 8 atom stereocenters. The smallest absolute Gasteiger partial charge is 0.302 e. The van der Waals surface area contributed by atoms with Crippen molar-refractivity contribution >= 4 is 5.97 Å².